The average Bonchev–Trinajstić information content (AvgIpc) is 2.99. The van der Waals surface area contributed by atoms with Crippen molar-refractivity contribution in [1.82, 2.24) is 9.97 Å². The predicted octanol–water partition coefficient (Wildman–Crippen LogP) is 4.07. The molecule has 0 unspecified atom stereocenters. The number of aromatic nitrogens is 2. The van der Waals surface area contributed by atoms with Gasteiger partial charge in [0.1, 0.15) is 0 Å². The number of nitrogens with one attached hydrogen (secondary N) is 1. The van der Waals surface area contributed by atoms with Crippen LogP contribution in [-0.2, 0) is 0 Å². The number of aryl methyl sites for hydroxylation is 2. The van der Waals surface area contributed by atoms with Gasteiger partial charge in [-0.3, -0.25) is 15.1 Å². The SMILES string of the molecule is Cc1ccc(C(=O)Nc2nc(-c3ccncc3)cs2)cc1C. The molecule has 0 aliphatic heterocycles. The highest BCUT2D eigenvalue weighted by Crippen LogP contribution is 2.24. The summed E-state index contributed by atoms with van der Waals surface area (Å²) in [5.41, 5.74) is 4.74. The Kier molecular flexibility index (Phi) is 3.98. The van der Waals surface area contributed by atoms with Crippen molar-refractivity contribution in [2.75, 3.05) is 5.32 Å². The molecule has 0 bridgehead atoms. The smallest absolute Gasteiger partial charge is 0.257 e. The number of hydrogen-bond acceptors (Lipinski definition) is 4. The van der Waals surface area contributed by atoms with E-state index >= 15 is 0 Å². The molecule has 2 aromatic heterocycles. The lowest BCUT2D eigenvalue weighted by atomic mass is 10.1. The first kappa shape index (κ1) is 14.4. The van der Waals surface area contributed by atoms with Crippen LogP contribution in [0.3, 0.4) is 0 Å². The average molecular weight is 309 g/mol. The number of carbonyl (C=O) groups excluding carboxylic acids is 1. The number of thiazole rings is 1. The van der Waals surface area contributed by atoms with Crippen LogP contribution in [0.1, 0.15) is 21.5 Å². The van der Waals surface area contributed by atoms with Gasteiger partial charge in [0.25, 0.3) is 5.91 Å². The van der Waals surface area contributed by atoms with Crippen molar-refractivity contribution in [3.63, 3.8) is 0 Å². The fraction of sp³-hybridized carbons (Fsp3) is 0.118. The zero-order chi connectivity index (χ0) is 15.5. The molecule has 22 heavy (non-hydrogen) atoms. The Balaban J connectivity index is 1.77. The Hall–Kier alpha value is -2.53. The molecule has 0 saturated heterocycles. The second-order valence-corrected chi connectivity index (χ2v) is 5.89. The Morgan fingerprint density at radius 3 is 2.59 bits per heavy atom. The van der Waals surface area contributed by atoms with Crippen LogP contribution in [0.15, 0.2) is 48.1 Å². The lowest BCUT2D eigenvalue weighted by Crippen LogP contribution is -2.12. The first-order valence-corrected chi connectivity index (χ1v) is 7.76. The minimum absolute atomic E-state index is 0.140. The molecule has 0 aliphatic rings. The quantitative estimate of drug-likeness (QED) is 0.793. The van der Waals surface area contributed by atoms with Crippen LogP contribution >= 0.6 is 11.3 Å². The van der Waals surface area contributed by atoms with E-state index in [1.54, 1.807) is 12.4 Å². The zero-order valence-corrected chi connectivity index (χ0v) is 13.1. The van der Waals surface area contributed by atoms with Crippen molar-refractivity contribution in [2.24, 2.45) is 0 Å². The largest absolute Gasteiger partial charge is 0.298 e. The van der Waals surface area contributed by atoms with Crippen LogP contribution in [0.5, 0.6) is 0 Å². The third-order valence-corrected chi connectivity index (χ3v) is 4.23. The summed E-state index contributed by atoms with van der Waals surface area (Å²) in [5.74, 6) is -0.140. The van der Waals surface area contributed by atoms with Crippen LogP contribution in [0.2, 0.25) is 0 Å². The summed E-state index contributed by atoms with van der Waals surface area (Å²) in [6.45, 7) is 4.02. The topological polar surface area (TPSA) is 54.9 Å². The maximum Gasteiger partial charge on any atom is 0.257 e. The molecule has 2 heterocycles. The molecule has 1 N–H and O–H groups in total. The van der Waals surface area contributed by atoms with Crippen molar-refractivity contribution in [2.45, 2.75) is 13.8 Å². The molecule has 0 fully saturated rings. The molecule has 110 valence electrons. The van der Waals surface area contributed by atoms with E-state index in [0.717, 1.165) is 16.8 Å². The molecular weight excluding hydrogens is 294 g/mol. The van der Waals surface area contributed by atoms with Crippen LogP contribution < -0.4 is 5.32 Å². The second kappa shape index (κ2) is 6.07. The van der Waals surface area contributed by atoms with E-state index in [4.69, 9.17) is 0 Å². The van der Waals surface area contributed by atoms with Gasteiger partial charge in [-0.15, -0.1) is 11.3 Å². The number of rotatable bonds is 3. The van der Waals surface area contributed by atoms with E-state index in [0.29, 0.717) is 10.7 Å². The number of benzene rings is 1. The van der Waals surface area contributed by atoms with E-state index < -0.39 is 0 Å². The van der Waals surface area contributed by atoms with Gasteiger partial charge in [0.2, 0.25) is 0 Å². The van der Waals surface area contributed by atoms with Gasteiger partial charge < -0.3 is 0 Å². The summed E-state index contributed by atoms with van der Waals surface area (Å²) < 4.78 is 0. The van der Waals surface area contributed by atoms with E-state index in [2.05, 4.69) is 15.3 Å². The number of anilines is 1. The first-order valence-electron chi connectivity index (χ1n) is 6.88. The number of nitrogens with zero attached hydrogens (tertiary/aromatic N) is 2. The second-order valence-electron chi connectivity index (χ2n) is 5.03. The van der Waals surface area contributed by atoms with Gasteiger partial charge in [-0.1, -0.05) is 6.07 Å². The molecule has 1 amide bonds. The summed E-state index contributed by atoms with van der Waals surface area (Å²) in [7, 11) is 0. The van der Waals surface area contributed by atoms with Crippen molar-refractivity contribution in [3.8, 4) is 11.3 Å². The number of hydrogen-bond donors (Lipinski definition) is 1. The van der Waals surface area contributed by atoms with Crippen molar-refractivity contribution in [1.29, 1.82) is 0 Å². The number of amides is 1. The molecule has 0 saturated carbocycles. The summed E-state index contributed by atoms with van der Waals surface area (Å²) in [5, 5.41) is 5.36. The Morgan fingerprint density at radius 2 is 1.86 bits per heavy atom. The third-order valence-electron chi connectivity index (χ3n) is 3.47. The minimum Gasteiger partial charge on any atom is -0.298 e. The van der Waals surface area contributed by atoms with E-state index in [-0.39, 0.29) is 5.91 Å². The summed E-state index contributed by atoms with van der Waals surface area (Å²) in [6.07, 6.45) is 3.45. The Labute approximate surface area is 132 Å². The molecule has 5 heteroatoms. The molecular formula is C17H15N3OS. The molecule has 4 nitrogen and oxygen atoms in total. The van der Waals surface area contributed by atoms with Gasteiger partial charge in [-0.2, -0.15) is 0 Å². The summed E-state index contributed by atoms with van der Waals surface area (Å²) in [4.78, 5) is 20.7. The number of pyridine rings is 1. The lowest BCUT2D eigenvalue weighted by molar-refractivity contribution is 0.102. The van der Waals surface area contributed by atoms with Crippen LogP contribution in [0.4, 0.5) is 5.13 Å². The van der Waals surface area contributed by atoms with Crippen LogP contribution in [-0.4, -0.2) is 15.9 Å². The van der Waals surface area contributed by atoms with Gasteiger partial charge >= 0.3 is 0 Å². The molecule has 0 spiro atoms. The molecule has 0 atom stereocenters. The van der Waals surface area contributed by atoms with E-state index in [1.807, 2.05) is 49.6 Å². The maximum atomic E-state index is 12.3. The van der Waals surface area contributed by atoms with Crippen LogP contribution in [0.25, 0.3) is 11.3 Å². The Morgan fingerprint density at radius 1 is 1.09 bits per heavy atom. The molecule has 3 aromatic rings. The van der Waals surface area contributed by atoms with Gasteiger partial charge in [0.15, 0.2) is 5.13 Å². The predicted molar refractivity (Wildman–Crippen MR) is 89.2 cm³/mol. The third kappa shape index (κ3) is 3.04. The molecule has 3 rings (SSSR count). The Bertz CT molecular complexity index is 812. The summed E-state index contributed by atoms with van der Waals surface area (Å²) >= 11 is 1.41. The molecule has 0 radical (unpaired) electrons. The number of carbonyl (C=O) groups is 1. The van der Waals surface area contributed by atoms with Crippen LogP contribution in [0, 0.1) is 13.8 Å². The summed E-state index contributed by atoms with van der Waals surface area (Å²) in [6, 6.07) is 9.46. The maximum absolute atomic E-state index is 12.3. The van der Waals surface area contributed by atoms with Crippen molar-refractivity contribution in [3.05, 3.63) is 64.8 Å². The molecule has 0 aliphatic carbocycles. The van der Waals surface area contributed by atoms with E-state index in [1.165, 1.54) is 16.9 Å². The highest BCUT2D eigenvalue weighted by molar-refractivity contribution is 7.14. The standard InChI is InChI=1S/C17H15N3OS/c1-11-3-4-14(9-12(11)2)16(21)20-17-19-15(10-22-17)13-5-7-18-8-6-13/h3-10H,1-2H3,(H,19,20,21). The zero-order valence-electron chi connectivity index (χ0n) is 12.3. The van der Waals surface area contributed by atoms with Gasteiger partial charge in [0.05, 0.1) is 5.69 Å². The fourth-order valence-electron chi connectivity index (χ4n) is 2.04. The van der Waals surface area contributed by atoms with Gasteiger partial charge in [-0.25, -0.2) is 4.98 Å². The van der Waals surface area contributed by atoms with Gasteiger partial charge in [-0.05, 0) is 49.2 Å². The van der Waals surface area contributed by atoms with E-state index in [9.17, 15) is 4.79 Å². The van der Waals surface area contributed by atoms with Crippen molar-refractivity contribution >= 4 is 22.4 Å². The fourth-order valence-corrected chi connectivity index (χ4v) is 2.75. The highest BCUT2D eigenvalue weighted by atomic mass is 32.1. The normalized spacial score (nSPS) is 10.5. The molecule has 1 aromatic carbocycles. The monoisotopic (exact) mass is 309 g/mol. The van der Waals surface area contributed by atoms with Gasteiger partial charge in [0, 0.05) is 28.9 Å². The first-order chi connectivity index (χ1) is 10.6. The lowest BCUT2D eigenvalue weighted by Gasteiger charge is -2.05. The highest BCUT2D eigenvalue weighted by Gasteiger charge is 2.10. The minimum atomic E-state index is -0.140. The van der Waals surface area contributed by atoms with Crippen molar-refractivity contribution < 1.29 is 4.79 Å².